The van der Waals surface area contributed by atoms with Crippen molar-refractivity contribution in [3.63, 3.8) is 0 Å². The maximum atomic E-state index is 6.07. The number of thiophene rings is 1. The second-order valence-electron chi connectivity index (χ2n) is 7.90. The molecule has 0 N–H and O–H groups in total. The van der Waals surface area contributed by atoms with Crippen LogP contribution in [0.15, 0.2) is 5.16 Å². The first-order valence-electron chi connectivity index (χ1n) is 9.55. The molecule has 0 saturated carbocycles. The highest BCUT2D eigenvalue weighted by Gasteiger charge is 2.32. The van der Waals surface area contributed by atoms with E-state index in [9.17, 15) is 0 Å². The highest BCUT2D eigenvalue weighted by Crippen LogP contribution is 2.41. The van der Waals surface area contributed by atoms with Gasteiger partial charge < -0.3 is 14.2 Å². The molecule has 29 heavy (non-hydrogen) atoms. The maximum absolute atomic E-state index is 6.07. The highest BCUT2D eigenvalue weighted by molar-refractivity contribution is 7.99. The Bertz CT molecular complexity index is 1250. The molecule has 6 rings (SSSR count). The molecular formula is C18H20N6O3S2. The van der Waals surface area contributed by atoms with Gasteiger partial charge >= 0.3 is 0 Å². The summed E-state index contributed by atoms with van der Waals surface area (Å²) in [6, 6.07) is 0. The Kier molecular flexibility index (Phi) is 3.95. The first-order valence-corrected chi connectivity index (χ1v) is 11.3. The minimum Gasteiger partial charge on any atom is -0.370 e. The lowest BCUT2D eigenvalue weighted by molar-refractivity contribution is -0.0379. The van der Waals surface area contributed by atoms with Crippen molar-refractivity contribution in [3.05, 3.63) is 16.3 Å². The van der Waals surface area contributed by atoms with E-state index in [4.69, 9.17) is 19.2 Å². The second kappa shape index (κ2) is 6.35. The van der Waals surface area contributed by atoms with Gasteiger partial charge in [-0.2, -0.15) is 4.52 Å². The van der Waals surface area contributed by atoms with Crippen molar-refractivity contribution in [2.75, 3.05) is 19.0 Å². The van der Waals surface area contributed by atoms with E-state index in [2.05, 4.69) is 33.5 Å². The van der Waals surface area contributed by atoms with Crippen LogP contribution in [-0.4, -0.2) is 60.1 Å². The summed E-state index contributed by atoms with van der Waals surface area (Å²) in [5.41, 5.74) is 1.93. The van der Waals surface area contributed by atoms with Crippen molar-refractivity contribution in [1.29, 1.82) is 0 Å². The number of hydrogen-bond donors (Lipinski definition) is 0. The van der Waals surface area contributed by atoms with Crippen molar-refractivity contribution < 1.29 is 14.2 Å². The third kappa shape index (κ3) is 2.79. The third-order valence-corrected chi connectivity index (χ3v) is 7.41. The molecule has 1 saturated heterocycles. The molecule has 1 fully saturated rings. The Labute approximate surface area is 174 Å². The molecule has 152 valence electrons. The molecule has 0 aliphatic carbocycles. The van der Waals surface area contributed by atoms with Crippen LogP contribution in [0.25, 0.3) is 21.6 Å². The second-order valence-corrected chi connectivity index (χ2v) is 9.97. The van der Waals surface area contributed by atoms with Gasteiger partial charge in [-0.1, -0.05) is 11.8 Å². The molecule has 0 aromatic carbocycles. The van der Waals surface area contributed by atoms with E-state index in [0.717, 1.165) is 33.3 Å². The van der Waals surface area contributed by atoms with E-state index in [1.54, 1.807) is 23.1 Å². The molecule has 0 unspecified atom stereocenters. The van der Waals surface area contributed by atoms with Crippen molar-refractivity contribution in [1.82, 2.24) is 29.2 Å². The van der Waals surface area contributed by atoms with Gasteiger partial charge in [-0.15, -0.1) is 26.6 Å². The summed E-state index contributed by atoms with van der Waals surface area (Å²) in [7, 11) is 0. The van der Waals surface area contributed by atoms with Gasteiger partial charge in [0.05, 0.1) is 36.6 Å². The van der Waals surface area contributed by atoms with E-state index >= 15 is 0 Å². The molecule has 0 spiro atoms. The minimum atomic E-state index is -0.204. The number of aromatic nitrogens is 6. The summed E-state index contributed by atoms with van der Waals surface area (Å²) in [6.45, 7) is 8.06. The first-order chi connectivity index (χ1) is 14.0. The zero-order valence-corrected chi connectivity index (χ0v) is 18.0. The van der Waals surface area contributed by atoms with Crippen LogP contribution in [0.3, 0.4) is 0 Å². The Morgan fingerprint density at radius 2 is 2.07 bits per heavy atom. The number of fused-ring (bicyclic) bond motifs is 8. The number of ether oxygens (including phenoxy) is 3. The van der Waals surface area contributed by atoms with Crippen LogP contribution >= 0.6 is 23.1 Å². The Hall–Kier alpha value is -1.79. The predicted molar refractivity (Wildman–Crippen MR) is 109 cm³/mol. The lowest BCUT2D eigenvalue weighted by Crippen LogP contribution is -2.31. The quantitative estimate of drug-likeness (QED) is 0.457. The molecular weight excluding hydrogens is 412 g/mol. The maximum Gasteiger partial charge on any atom is 0.260 e. The monoisotopic (exact) mass is 432 g/mol. The molecule has 6 heterocycles. The number of nitrogens with zero attached hydrogens (tertiary/aromatic N) is 6. The zero-order chi connectivity index (χ0) is 19.8. The van der Waals surface area contributed by atoms with Crippen molar-refractivity contribution in [2.45, 2.75) is 50.8 Å². The molecule has 2 aliphatic rings. The lowest BCUT2D eigenvalue weighted by atomic mass is 9.94. The fourth-order valence-corrected chi connectivity index (χ4v) is 6.12. The van der Waals surface area contributed by atoms with E-state index in [1.165, 1.54) is 10.4 Å². The molecule has 0 atom stereocenters. The summed E-state index contributed by atoms with van der Waals surface area (Å²) in [5, 5.41) is 15.4. The molecule has 2 aliphatic heterocycles. The molecule has 9 nitrogen and oxygen atoms in total. The summed E-state index contributed by atoms with van der Waals surface area (Å²) in [4.78, 5) is 7.05. The van der Waals surface area contributed by atoms with Crippen LogP contribution in [0, 0.1) is 6.92 Å². The van der Waals surface area contributed by atoms with Crippen LogP contribution in [-0.2, 0) is 27.2 Å². The van der Waals surface area contributed by atoms with E-state index in [1.807, 2.05) is 11.4 Å². The average Bonchev–Trinajstić information content (AvgIpc) is 3.43. The Morgan fingerprint density at radius 1 is 1.24 bits per heavy atom. The van der Waals surface area contributed by atoms with Gasteiger partial charge in [0.2, 0.25) is 0 Å². The zero-order valence-electron chi connectivity index (χ0n) is 16.3. The topological polar surface area (TPSA) is 88.1 Å². The van der Waals surface area contributed by atoms with Gasteiger partial charge in [-0.05, 0) is 26.3 Å². The summed E-state index contributed by atoms with van der Waals surface area (Å²) in [6.07, 6.45) is 0.634. The number of hydrogen-bond acceptors (Lipinski definition) is 9. The lowest BCUT2D eigenvalue weighted by Gasteiger charge is -2.30. The van der Waals surface area contributed by atoms with Gasteiger partial charge in [0.15, 0.2) is 17.1 Å². The van der Waals surface area contributed by atoms with Crippen LogP contribution in [0.1, 0.15) is 30.1 Å². The minimum absolute atomic E-state index is 0.203. The number of rotatable bonds is 3. The van der Waals surface area contributed by atoms with E-state index in [0.29, 0.717) is 31.4 Å². The summed E-state index contributed by atoms with van der Waals surface area (Å²) >= 11 is 3.32. The molecule has 11 heteroatoms. The van der Waals surface area contributed by atoms with E-state index in [-0.39, 0.29) is 11.9 Å². The third-order valence-electron chi connectivity index (χ3n) is 5.25. The van der Waals surface area contributed by atoms with Gasteiger partial charge in [0, 0.05) is 11.3 Å². The highest BCUT2D eigenvalue weighted by atomic mass is 32.2. The average molecular weight is 433 g/mol. The summed E-state index contributed by atoms with van der Waals surface area (Å²) < 4.78 is 21.1. The summed E-state index contributed by atoms with van der Waals surface area (Å²) in [5.74, 6) is 2.05. The van der Waals surface area contributed by atoms with Gasteiger partial charge in [-0.3, -0.25) is 0 Å². The van der Waals surface area contributed by atoms with Crippen LogP contribution < -0.4 is 0 Å². The molecule has 0 bridgehead atoms. The largest absolute Gasteiger partial charge is 0.370 e. The SMILES string of the molecule is Cc1nc2c3c4c(sc3n3c(SCC5OCCO5)nnc3n2n1)COC(C)(C)C4. The van der Waals surface area contributed by atoms with Crippen LogP contribution in [0.2, 0.25) is 0 Å². The smallest absolute Gasteiger partial charge is 0.260 e. The number of aryl methyl sites for hydroxylation is 1. The Balaban J connectivity index is 1.59. The van der Waals surface area contributed by atoms with Crippen molar-refractivity contribution >= 4 is 44.7 Å². The molecule has 0 radical (unpaired) electrons. The van der Waals surface area contributed by atoms with Crippen LogP contribution in [0.5, 0.6) is 0 Å². The van der Waals surface area contributed by atoms with Crippen molar-refractivity contribution in [2.24, 2.45) is 0 Å². The standard InChI is InChI=1S/C18H20N6O3S2/c1-9-19-14-13-10-6-18(2,3)27-7-11(10)29-15(13)23-16(24(14)22-9)20-21-17(23)28-8-12-25-4-5-26-12/h12H,4-8H2,1-3H3. The van der Waals surface area contributed by atoms with Crippen molar-refractivity contribution in [3.8, 4) is 0 Å². The van der Waals surface area contributed by atoms with Gasteiger partial charge in [-0.25, -0.2) is 9.38 Å². The first kappa shape index (κ1) is 18.0. The van der Waals surface area contributed by atoms with Crippen LogP contribution in [0.4, 0.5) is 0 Å². The Morgan fingerprint density at radius 3 is 2.90 bits per heavy atom. The van der Waals surface area contributed by atoms with E-state index < -0.39 is 0 Å². The normalized spacial score (nSPS) is 19.7. The fourth-order valence-electron chi connectivity index (χ4n) is 3.96. The number of thioether (sulfide) groups is 1. The molecule has 0 amide bonds. The predicted octanol–water partition coefficient (Wildman–Crippen LogP) is 2.61. The van der Waals surface area contributed by atoms with Gasteiger partial charge in [0.25, 0.3) is 5.78 Å². The fraction of sp³-hybridized carbons (Fsp3) is 0.556. The molecule has 4 aromatic heterocycles. The molecule has 4 aromatic rings. The van der Waals surface area contributed by atoms with Gasteiger partial charge in [0.1, 0.15) is 10.7 Å².